The normalized spacial score (nSPS) is 11.9. The van der Waals surface area contributed by atoms with E-state index in [0.29, 0.717) is 5.95 Å². The van der Waals surface area contributed by atoms with Crippen LogP contribution < -0.4 is 0 Å². The molecule has 0 radical (unpaired) electrons. The fraction of sp³-hybridized carbons (Fsp3) is 0. The lowest BCUT2D eigenvalue weighted by molar-refractivity contribution is 0.998. The van der Waals surface area contributed by atoms with Crippen molar-refractivity contribution in [3.63, 3.8) is 0 Å². The van der Waals surface area contributed by atoms with Crippen LogP contribution in [0.5, 0.6) is 0 Å². The van der Waals surface area contributed by atoms with Crippen molar-refractivity contribution in [3.8, 4) is 34.2 Å². The van der Waals surface area contributed by atoms with Crippen LogP contribution >= 0.6 is 0 Å². The van der Waals surface area contributed by atoms with E-state index in [1.807, 2.05) is 12.1 Å². The molecule has 0 N–H and O–H groups in total. The van der Waals surface area contributed by atoms with Gasteiger partial charge in [0.2, 0.25) is 5.95 Å². The van der Waals surface area contributed by atoms with E-state index in [2.05, 4.69) is 191 Å². The minimum Gasteiger partial charge on any atom is -0.309 e. The zero-order chi connectivity index (χ0) is 36.7. The number of benzene rings is 9. The maximum Gasteiger partial charge on any atom is 0.235 e. The Labute approximate surface area is 322 Å². The van der Waals surface area contributed by atoms with Gasteiger partial charge in [0.05, 0.1) is 33.5 Å². The highest BCUT2D eigenvalue weighted by atomic mass is 15.2. The molecule has 0 aliphatic heterocycles. The standard InChI is InChI=1S/C52H32N4/c1-4-18-33(19-5-1)42-32-43(34-20-6-2-7-21-34)54-52(53-42)56-45-31-17-15-29-41(45)49-47-36-24-10-12-26-38(36)50-48(46(47)37-25-11-13-27-39(37)51(49)56)40-28-14-16-30-44(40)55(50)35-22-8-3-9-23-35/h1-32H. The van der Waals surface area contributed by atoms with Crippen LogP contribution in [0.25, 0.3) is 110 Å². The maximum atomic E-state index is 5.40. The van der Waals surface area contributed by atoms with E-state index in [1.54, 1.807) is 0 Å². The van der Waals surface area contributed by atoms with Gasteiger partial charge >= 0.3 is 0 Å². The Morgan fingerprint density at radius 2 is 0.679 bits per heavy atom. The monoisotopic (exact) mass is 712 g/mol. The summed E-state index contributed by atoms with van der Waals surface area (Å²) in [6, 6.07) is 69.3. The van der Waals surface area contributed by atoms with Gasteiger partial charge in [-0.15, -0.1) is 0 Å². The van der Waals surface area contributed by atoms with Crippen molar-refractivity contribution < 1.29 is 0 Å². The molecule has 4 nitrogen and oxygen atoms in total. The fourth-order valence-electron chi connectivity index (χ4n) is 9.20. The zero-order valence-electron chi connectivity index (χ0n) is 30.3. The van der Waals surface area contributed by atoms with E-state index in [4.69, 9.17) is 9.97 Å². The molecule has 56 heavy (non-hydrogen) atoms. The molecule has 0 saturated heterocycles. The second-order valence-corrected chi connectivity index (χ2v) is 14.5. The molecule has 0 unspecified atom stereocenters. The Morgan fingerprint density at radius 1 is 0.304 bits per heavy atom. The molecule has 0 bridgehead atoms. The first kappa shape index (κ1) is 30.9. The highest BCUT2D eigenvalue weighted by Crippen LogP contribution is 2.50. The number of para-hydroxylation sites is 3. The van der Waals surface area contributed by atoms with Crippen LogP contribution in [0.4, 0.5) is 0 Å². The Morgan fingerprint density at radius 3 is 1.18 bits per heavy atom. The van der Waals surface area contributed by atoms with Gasteiger partial charge in [-0.05, 0) is 41.1 Å². The summed E-state index contributed by atoms with van der Waals surface area (Å²) in [6.07, 6.45) is 0. The van der Waals surface area contributed by atoms with Gasteiger partial charge in [0.25, 0.3) is 0 Å². The van der Waals surface area contributed by atoms with E-state index in [9.17, 15) is 0 Å². The summed E-state index contributed by atoms with van der Waals surface area (Å²) in [5.41, 5.74) is 9.60. The first-order chi connectivity index (χ1) is 27.8. The van der Waals surface area contributed by atoms with Crippen molar-refractivity contribution in [2.45, 2.75) is 0 Å². The second-order valence-electron chi connectivity index (χ2n) is 14.5. The van der Waals surface area contributed by atoms with Gasteiger partial charge in [-0.25, -0.2) is 9.97 Å². The number of aromatic nitrogens is 4. The summed E-state index contributed by atoms with van der Waals surface area (Å²) in [6.45, 7) is 0. The summed E-state index contributed by atoms with van der Waals surface area (Å²) >= 11 is 0. The molecule has 0 aliphatic rings. The topological polar surface area (TPSA) is 35.6 Å². The summed E-state index contributed by atoms with van der Waals surface area (Å²) in [4.78, 5) is 10.8. The van der Waals surface area contributed by atoms with Gasteiger partial charge in [-0.2, -0.15) is 0 Å². The molecule has 0 saturated carbocycles. The van der Waals surface area contributed by atoms with Crippen molar-refractivity contribution in [2.75, 3.05) is 0 Å². The van der Waals surface area contributed by atoms with Crippen molar-refractivity contribution in [1.82, 2.24) is 19.1 Å². The third-order valence-corrected chi connectivity index (χ3v) is 11.5. The molecule has 4 heteroatoms. The molecule has 0 spiro atoms. The van der Waals surface area contributed by atoms with Crippen LogP contribution in [0, 0.1) is 0 Å². The Kier molecular flexibility index (Phi) is 6.60. The number of nitrogens with zero attached hydrogens (tertiary/aromatic N) is 4. The lowest BCUT2D eigenvalue weighted by Gasteiger charge is -2.16. The molecule has 9 aromatic carbocycles. The summed E-state index contributed by atoms with van der Waals surface area (Å²) < 4.78 is 4.78. The highest BCUT2D eigenvalue weighted by Gasteiger charge is 2.26. The molecule has 0 amide bonds. The molecule has 260 valence electrons. The Bertz CT molecular complexity index is 3450. The number of hydrogen-bond acceptors (Lipinski definition) is 2. The maximum absolute atomic E-state index is 5.40. The summed E-state index contributed by atoms with van der Waals surface area (Å²) in [5, 5.41) is 12.2. The minimum atomic E-state index is 0.645. The molecule has 12 rings (SSSR count). The molecule has 0 fully saturated rings. The molecule has 3 heterocycles. The van der Waals surface area contributed by atoms with Crippen LogP contribution in [0.15, 0.2) is 194 Å². The largest absolute Gasteiger partial charge is 0.309 e. The Balaban J connectivity index is 1.33. The van der Waals surface area contributed by atoms with Crippen LogP contribution in [-0.2, 0) is 0 Å². The van der Waals surface area contributed by atoms with Crippen molar-refractivity contribution in [3.05, 3.63) is 194 Å². The number of hydrogen-bond donors (Lipinski definition) is 0. The molecule has 0 aliphatic carbocycles. The summed E-state index contributed by atoms with van der Waals surface area (Å²) in [7, 11) is 0. The quantitative estimate of drug-likeness (QED) is 0.170. The molecule has 0 atom stereocenters. The van der Waals surface area contributed by atoms with Crippen LogP contribution in [0.2, 0.25) is 0 Å². The minimum absolute atomic E-state index is 0.645. The van der Waals surface area contributed by atoms with Gasteiger partial charge in [0.1, 0.15) is 0 Å². The van der Waals surface area contributed by atoms with Gasteiger partial charge in [-0.1, -0.05) is 164 Å². The third kappa shape index (κ3) is 4.35. The van der Waals surface area contributed by atoms with E-state index in [1.165, 1.54) is 59.5 Å². The van der Waals surface area contributed by atoms with Gasteiger partial charge in [0, 0.05) is 59.9 Å². The first-order valence-corrected chi connectivity index (χ1v) is 19.1. The average Bonchev–Trinajstić information content (AvgIpc) is 3.81. The van der Waals surface area contributed by atoms with Crippen LogP contribution in [0.1, 0.15) is 0 Å². The fourth-order valence-corrected chi connectivity index (χ4v) is 9.20. The highest BCUT2D eigenvalue weighted by molar-refractivity contribution is 6.45. The van der Waals surface area contributed by atoms with E-state index >= 15 is 0 Å². The molecule has 3 aromatic heterocycles. The average molecular weight is 713 g/mol. The third-order valence-electron chi connectivity index (χ3n) is 11.5. The van der Waals surface area contributed by atoms with Crippen LogP contribution in [0.3, 0.4) is 0 Å². The Hall–Kier alpha value is -7.56. The lowest BCUT2D eigenvalue weighted by atomic mass is 9.89. The summed E-state index contributed by atoms with van der Waals surface area (Å²) in [5.74, 6) is 0.645. The predicted molar refractivity (Wildman–Crippen MR) is 234 cm³/mol. The van der Waals surface area contributed by atoms with Crippen molar-refractivity contribution in [1.29, 1.82) is 0 Å². The zero-order valence-corrected chi connectivity index (χ0v) is 30.3. The van der Waals surface area contributed by atoms with Gasteiger partial charge in [-0.3, -0.25) is 4.57 Å². The van der Waals surface area contributed by atoms with Gasteiger partial charge in [0.15, 0.2) is 0 Å². The number of fused-ring (bicyclic) bond motifs is 15. The van der Waals surface area contributed by atoms with Gasteiger partial charge < -0.3 is 4.57 Å². The van der Waals surface area contributed by atoms with Crippen LogP contribution in [-0.4, -0.2) is 19.1 Å². The SMILES string of the molecule is c1ccc(-c2cc(-c3ccccc3)nc(-n3c4ccccc4c4c5c6ccccc6c6c(c7ccccc7n6-c6ccccc6)c5c5ccccc5c43)n2)cc1. The number of rotatable bonds is 4. The molecule has 12 aromatic rings. The van der Waals surface area contributed by atoms with E-state index in [0.717, 1.165) is 44.6 Å². The predicted octanol–water partition coefficient (Wildman–Crippen LogP) is 13.5. The van der Waals surface area contributed by atoms with E-state index < -0.39 is 0 Å². The lowest BCUT2D eigenvalue weighted by Crippen LogP contribution is -2.04. The van der Waals surface area contributed by atoms with Crippen molar-refractivity contribution >= 4 is 75.9 Å². The van der Waals surface area contributed by atoms with E-state index in [-0.39, 0.29) is 0 Å². The first-order valence-electron chi connectivity index (χ1n) is 19.1. The molecular weight excluding hydrogens is 681 g/mol. The van der Waals surface area contributed by atoms with Crippen molar-refractivity contribution in [2.24, 2.45) is 0 Å². The second kappa shape index (κ2) is 12.0. The smallest absolute Gasteiger partial charge is 0.235 e. The molecular formula is C52H32N4.